The van der Waals surface area contributed by atoms with Crippen molar-refractivity contribution in [2.45, 2.75) is 31.6 Å². The molecule has 0 aromatic heterocycles. The highest BCUT2D eigenvalue weighted by Gasteiger charge is 2.37. The zero-order valence-corrected chi connectivity index (χ0v) is 10.8. The monoisotopic (exact) mass is 251 g/mol. The number of rotatable bonds is 0. The number of nitrogens with zero attached hydrogens (tertiary/aromatic N) is 1. The van der Waals surface area contributed by atoms with Crippen LogP contribution in [0.25, 0.3) is 10.8 Å². The quantitative estimate of drug-likeness (QED) is 0.549. The summed E-state index contributed by atoms with van der Waals surface area (Å²) in [7, 11) is 0. The molecule has 0 radical (unpaired) electrons. The average molecular weight is 251 g/mol. The van der Waals surface area contributed by atoms with Gasteiger partial charge in [-0.1, -0.05) is 48.0 Å². The third-order valence-electron chi connectivity index (χ3n) is 4.88. The van der Waals surface area contributed by atoms with Crippen molar-refractivity contribution in [1.82, 2.24) is 0 Å². The Morgan fingerprint density at radius 1 is 1.05 bits per heavy atom. The molecule has 2 aromatic rings. The largest absolute Gasteiger partial charge is 0.411 e. The van der Waals surface area contributed by atoms with E-state index in [1.165, 1.54) is 41.2 Å². The van der Waals surface area contributed by atoms with E-state index in [1.54, 1.807) is 0 Å². The fourth-order valence-corrected chi connectivity index (χ4v) is 4.05. The predicted molar refractivity (Wildman–Crippen MR) is 77.0 cm³/mol. The fraction of sp³-hybridized carbons (Fsp3) is 0.353. The zero-order valence-electron chi connectivity index (χ0n) is 10.8. The molecule has 0 spiro atoms. The first-order valence-corrected chi connectivity index (χ1v) is 7.11. The molecule has 0 aliphatic heterocycles. The van der Waals surface area contributed by atoms with Gasteiger partial charge < -0.3 is 5.21 Å². The summed E-state index contributed by atoms with van der Waals surface area (Å²) in [5.74, 6) is 1.35. The molecule has 2 atom stereocenters. The fourth-order valence-electron chi connectivity index (χ4n) is 4.05. The molecule has 0 bridgehead atoms. The summed E-state index contributed by atoms with van der Waals surface area (Å²) in [6.45, 7) is 0. The highest BCUT2D eigenvalue weighted by atomic mass is 16.4. The van der Waals surface area contributed by atoms with Crippen molar-refractivity contribution in [2.24, 2.45) is 11.1 Å². The van der Waals surface area contributed by atoms with E-state index in [-0.39, 0.29) is 0 Å². The van der Waals surface area contributed by atoms with Crippen molar-refractivity contribution in [3.8, 4) is 0 Å². The number of hydrogen-bond donors (Lipinski definition) is 1. The van der Waals surface area contributed by atoms with Gasteiger partial charge in [0.05, 0.1) is 5.71 Å². The van der Waals surface area contributed by atoms with Crippen LogP contribution in [0, 0.1) is 5.92 Å². The summed E-state index contributed by atoms with van der Waals surface area (Å²) >= 11 is 0. The molecule has 2 aromatic carbocycles. The summed E-state index contributed by atoms with van der Waals surface area (Å²) in [6.07, 6.45) is 4.80. The van der Waals surface area contributed by atoms with Crippen molar-refractivity contribution < 1.29 is 5.21 Å². The first kappa shape index (κ1) is 11.0. The molecule has 1 fully saturated rings. The lowest BCUT2D eigenvalue weighted by atomic mass is 9.74. The Balaban J connectivity index is 2.04. The Morgan fingerprint density at radius 2 is 1.95 bits per heavy atom. The topological polar surface area (TPSA) is 32.6 Å². The van der Waals surface area contributed by atoms with Crippen molar-refractivity contribution in [3.63, 3.8) is 0 Å². The number of fused-ring (bicyclic) bond motifs is 5. The Labute approximate surface area is 112 Å². The van der Waals surface area contributed by atoms with Gasteiger partial charge in [0.25, 0.3) is 0 Å². The SMILES string of the molecule is O/N=C1\CC2CCCC2c2ccc3ccccc3c21. The van der Waals surface area contributed by atoms with Crippen LogP contribution in [0.15, 0.2) is 41.6 Å². The first-order valence-electron chi connectivity index (χ1n) is 7.11. The van der Waals surface area contributed by atoms with Gasteiger partial charge in [0.15, 0.2) is 0 Å². The second kappa shape index (κ2) is 4.09. The summed E-state index contributed by atoms with van der Waals surface area (Å²) in [4.78, 5) is 0. The van der Waals surface area contributed by atoms with E-state index < -0.39 is 0 Å². The van der Waals surface area contributed by atoms with Crippen molar-refractivity contribution in [3.05, 3.63) is 47.5 Å². The highest BCUT2D eigenvalue weighted by molar-refractivity contribution is 6.13. The minimum atomic E-state index is 0.671. The van der Waals surface area contributed by atoms with Gasteiger partial charge in [0.2, 0.25) is 0 Å². The lowest BCUT2D eigenvalue weighted by molar-refractivity contribution is 0.315. The van der Waals surface area contributed by atoms with Crippen LogP contribution >= 0.6 is 0 Å². The van der Waals surface area contributed by atoms with Crippen LogP contribution in [0.1, 0.15) is 42.7 Å². The van der Waals surface area contributed by atoms with E-state index in [9.17, 15) is 5.21 Å². The maximum absolute atomic E-state index is 9.41. The van der Waals surface area contributed by atoms with Gasteiger partial charge >= 0.3 is 0 Å². The molecule has 2 aliphatic rings. The zero-order chi connectivity index (χ0) is 12.8. The van der Waals surface area contributed by atoms with Gasteiger partial charge in [-0.2, -0.15) is 0 Å². The standard InChI is InChI=1S/C17H17NO/c19-18-16-10-12-5-3-7-13(12)15-9-8-11-4-1-2-6-14(11)17(15)16/h1-2,4,6,8-9,12-13,19H,3,5,7,10H2/b18-16+. The van der Waals surface area contributed by atoms with Crippen molar-refractivity contribution in [1.29, 1.82) is 0 Å². The molecule has 4 rings (SSSR count). The minimum Gasteiger partial charge on any atom is -0.411 e. The second-order valence-electron chi connectivity index (χ2n) is 5.80. The van der Waals surface area contributed by atoms with Crippen LogP contribution in [0.2, 0.25) is 0 Å². The van der Waals surface area contributed by atoms with Crippen LogP contribution in [0.4, 0.5) is 0 Å². The molecular formula is C17H17NO. The van der Waals surface area contributed by atoms with Gasteiger partial charge in [0, 0.05) is 5.56 Å². The van der Waals surface area contributed by atoms with E-state index >= 15 is 0 Å². The van der Waals surface area contributed by atoms with Crippen LogP contribution in [-0.4, -0.2) is 10.9 Å². The molecule has 0 heterocycles. The number of benzene rings is 2. The molecule has 2 aliphatic carbocycles. The molecule has 96 valence electrons. The Hall–Kier alpha value is -1.83. The van der Waals surface area contributed by atoms with Crippen molar-refractivity contribution >= 4 is 16.5 Å². The Morgan fingerprint density at radius 3 is 2.84 bits per heavy atom. The lowest BCUT2D eigenvalue weighted by Gasteiger charge is -2.29. The first-order chi connectivity index (χ1) is 9.38. The normalized spacial score (nSPS) is 27.5. The molecule has 0 saturated heterocycles. The van der Waals surface area contributed by atoms with Crippen LogP contribution < -0.4 is 0 Å². The van der Waals surface area contributed by atoms with E-state index in [2.05, 4.69) is 41.6 Å². The second-order valence-corrected chi connectivity index (χ2v) is 5.80. The Kier molecular flexibility index (Phi) is 2.37. The summed E-state index contributed by atoms with van der Waals surface area (Å²) in [5.41, 5.74) is 3.49. The third kappa shape index (κ3) is 1.52. The maximum Gasteiger partial charge on any atom is 0.0879 e. The van der Waals surface area contributed by atoms with E-state index in [1.807, 2.05) is 0 Å². The number of oxime groups is 1. The smallest absolute Gasteiger partial charge is 0.0879 e. The minimum absolute atomic E-state index is 0.671. The van der Waals surface area contributed by atoms with Crippen molar-refractivity contribution in [2.75, 3.05) is 0 Å². The number of hydrogen-bond acceptors (Lipinski definition) is 2. The summed E-state index contributed by atoms with van der Waals surface area (Å²) in [5, 5.41) is 15.5. The summed E-state index contributed by atoms with van der Waals surface area (Å²) in [6, 6.07) is 12.9. The van der Waals surface area contributed by atoms with E-state index in [0.717, 1.165) is 12.1 Å². The van der Waals surface area contributed by atoms with Crippen LogP contribution in [0.3, 0.4) is 0 Å². The maximum atomic E-state index is 9.41. The predicted octanol–water partition coefficient (Wildman–Crippen LogP) is 4.31. The van der Waals surface area contributed by atoms with Gasteiger partial charge in [-0.3, -0.25) is 0 Å². The van der Waals surface area contributed by atoms with E-state index in [0.29, 0.717) is 11.8 Å². The van der Waals surface area contributed by atoms with Gasteiger partial charge in [0.1, 0.15) is 0 Å². The highest BCUT2D eigenvalue weighted by Crippen LogP contribution is 2.48. The van der Waals surface area contributed by atoms with Gasteiger partial charge in [-0.05, 0) is 47.4 Å². The van der Waals surface area contributed by atoms with Crippen LogP contribution in [0.5, 0.6) is 0 Å². The molecular weight excluding hydrogens is 234 g/mol. The van der Waals surface area contributed by atoms with Crippen LogP contribution in [-0.2, 0) is 0 Å². The molecule has 2 heteroatoms. The molecule has 2 unspecified atom stereocenters. The molecule has 2 nitrogen and oxygen atoms in total. The molecule has 0 amide bonds. The van der Waals surface area contributed by atoms with Gasteiger partial charge in [-0.25, -0.2) is 0 Å². The lowest BCUT2D eigenvalue weighted by Crippen LogP contribution is -2.22. The molecule has 1 saturated carbocycles. The van der Waals surface area contributed by atoms with Gasteiger partial charge in [-0.15, -0.1) is 0 Å². The summed E-state index contributed by atoms with van der Waals surface area (Å²) < 4.78 is 0. The molecule has 1 N–H and O–H groups in total. The molecule has 19 heavy (non-hydrogen) atoms. The Bertz CT molecular complexity index is 674. The average Bonchev–Trinajstić information content (AvgIpc) is 2.94. The third-order valence-corrected chi connectivity index (χ3v) is 4.88. The van der Waals surface area contributed by atoms with E-state index in [4.69, 9.17) is 0 Å².